The maximum absolute atomic E-state index is 11.2. The molecule has 0 radical (unpaired) electrons. The fourth-order valence-electron chi connectivity index (χ4n) is 2.08. The zero-order valence-electron chi connectivity index (χ0n) is 11.0. The number of methoxy groups -OCH3 is 1. The molecule has 0 heterocycles. The van der Waals surface area contributed by atoms with Crippen LogP contribution in [0.2, 0.25) is 0 Å². The molecule has 2 aromatic rings. The van der Waals surface area contributed by atoms with Crippen molar-refractivity contribution in [3.05, 3.63) is 46.0 Å². The first-order valence-corrected chi connectivity index (χ1v) is 5.93. The average molecular weight is 275 g/mol. The third-order valence-corrected chi connectivity index (χ3v) is 3.25. The van der Waals surface area contributed by atoms with Crippen LogP contribution in [-0.4, -0.2) is 23.1 Å². The monoisotopic (exact) mass is 275 g/mol. The number of nitro groups is 1. The van der Waals surface area contributed by atoms with Gasteiger partial charge >= 0.3 is 11.7 Å². The molecular formula is C14H13NO5. The van der Waals surface area contributed by atoms with Gasteiger partial charge in [-0.2, -0.15) is 0 Å². The summed E-state index contributed by atoms with van der Waals surface area (Å²) in [6.07, 6.45) is 0. The molecule has 20 heavy (non-hydrogen) atoms. The van der Waals surface area contributed by atoms with Crippen LogP contribution in [0.5, 0.6) is 5.75 Å². The number of ether oxygens (including phenoxy) is 1. The molecule has 6 heteroatoms. The molecule has 2 aromatic carbocycles. The molecule has 104 valence electrons. The largest absolute Gasteiger partial charge is 0.490 e. The number of nitrogens with zero attached hydrogens (tertiary/aromatic N) is 1. The second-order valence-corrected chi connectivity index (χ2v) is 4.41. The van der Waals surface area contributed by atoms with Gasteiger partial charge in [0.1, 0.15) is 0 Å². The molecule has 0 aliphatic heterocycles. The Hall–Kier alpha value is -2.63. The second-order valence-electron chi connectivity index (χ2n) is 4.41. The number of hydrogen-bond donors (Lipinski definition) is 1. The highest BCUT2D eigenvalue weighted by atomic mass is 16.6. The van der Waals surface area contributed by atoms with Gasteiger partial charge in [-0.05, 0) is 30.0 Å². The standard InChI is InChI=1S/C14H13NO5/c1-8(14(16)17)9-3-5-11-10(7-9)4-6-12(20-2)13(11)15(18)19/h3-8H,1-2H3,(H,16,17). The maximum Gasteiger partial charge on any atom is 0.318 e. The van der Waals surface area contributed by atoms with E-state index >= 15 is 0 Å². The Morgan fingerprint density at radius 2 is 2.05 bits per heavy atom. The fraction of sp³-hybridized carbons (Fsp3) is 0.214. The van der Waals surface area contributed by atoms with Gasteiger partial charge in [-0.25, -0.2) is 0 Å². The Kier molecular flexibility index (Phi) is 3.56. The fourth-order valence-corrected chi connectivity index (χ4v) is 2.08. The first-order valence-electron chi connectivity index (χ1n) is 5.93. The van der Waals surface area contributed by atoms with Crippen molar-refractivity contribution in [1.82, 2.24) is 0 Å². The molecule has 0 saturated carbocycles. The summed E-state index contributed by atoms with van der Waals surface area (Å²) in [7, 11) is 1.37. The summed E-state index contributed by atoms with van der Waals surface area (Å²) >= 11 is 0. The third-order valence-electron chi connectivity index (χ3n) is 3.25. The van der Waals surface area contributed by atoms with Crippen molar-refractivity contribution in [3.8, 4) is 5.75 Å². The lowest BCUT2D eigenvalue weighted by Gasteiger charge is -2.09. The summed E-state index contributed by atoms with van der Waals surface area (Å²) in [6.45, 7) is 1.57. The van der Waals surface area contributed by atoms with E-state index in [0.717, 1.165) is 0 Å². The van der Waals surface area contributed by atoms with Crippen molar-refractivity contribution in [2.45, 2.75) is 12.8 Å². The Balaban J connectivity index is 2.67. The van der Waals surface area contributed by atoms with Crippen LogP contribution in [0.3, 0.4) is 0 Å². The maximum atomic E-state index is 11.2. The van der Waals surface area contributed by atoms with Crippen molar-refractivity contribution < 1.29 is 19.6 Å². The lowest BCUT2D eigenvalue weighted by molar-refractivity contribution is -0.383. The normalized spacial score (nSPS) is 12.1. The molecule has 1 atom stereocenters. The number of hydrogen-bond acceptors (Lipinski definition) is 4. The van der Waals surface area contributed by atoms with Gasteiger partial charge in [-0.15, -0.1) is 0 Å². The van der Waals surface area contributed by atoms with Crippen molar-refractivity contribution in [1.29, 1.82) is 0 Å². The van der Waals surface area contributed by atoms with E-state index in [2.05, 4.69) is 0 Å². The van der Waals surface area contributed by atoms with E-state index < -0.39 is 16.8 Å². The third kappa shape index (κ3) is 2.27. The Morgan fingerprint density at radius 1 is 1.35 bits per heavy atom. The SMILES string of the molecule is COc1ccc2cc(C(C)C(=O)O)ccc2c1[N+](=O)[O-]. The first kappa shape index (κ1) is 13.8. The van der Waals surface area contributed by atoms with Crippen LogP contribution in [0.4, 0.5) is 5.69 Å². The van der Waals surface area contributed by atoms with Crippen molar-refractivity contribution in [2.75, 3.05) is 7.11 Å². The van der Waals surface area contributed by atoms with Crippen LogP contribution in [0.15, 0.2) is 30.3 Å². The summed E-state index contributed by atoms with van der Waals surface area (Å²) in [5.74, 6) is -1.42. The average Bonchev–Trinajstić information content (AvgIpc) is 2.44. The van der Waals surface area contributed by atoms with Crippen LogP contribution in [-0.2, 0) is 4.79 Å². The number of carbonyl (C=O) groups is 1. The summed E-state index contributed by atoms with van der Waals surface area (Å²) < 4.78 is 4.99. The summed E-state index contributed by atoms with van der Waals surface area (Å²) in [5.41, 5.74) is 0.490. The van der Waals surface area contributed by atoms with Gasteiger partial charge in [0, 0.05) is 0 Å². The first-order chi connectivity index (χ1) is 9.45. The van der Waals surface area contributed by atoms with Crippen molar-refractivity contribution in [3.63, 3.8) is 0 Å². The second kappa shape index (κ2) is 5.16. The Morgan fingerprint density at radius 3 is 2.60 bits per heavy atom. The molecule has 0 aromatic heterocycles. The molecule has 1 unspecified atom stereocenters. The highest BCUT2D eigenvalue weighted by Crippen LogP contribution is 2.36. The van der Waals surface area contributed by atoms with Crippen molar-refractivity contribution in [2.24, 2.45) is 0 Å². The smallest absolute Gasteiger partial charge is 0.318 e. The van der Waals surface area contributed by atoms with Gasteiger partial charge in [0.15, 0.2) is 5.75 Å². The molecule has 0 spiro atoms. The zero-order valence-corrected chi connectivity index (χ0v) is 11.0. The summed E-state index contributed by atoms with van der Waals surface area (Å²) in [6, 6.07) is 7.99. The van der Waals surface area contributed by atoms with E-state index in [1.54, 1.807) is 31.2 Å². The van der Waals surface area contributed by atoms with Gasteiger partial charge in [0.2, 0.25) is 0 Å². The zero-order chi connectivity index (χ0) is 14.9. The van der Waals surface area contributed by atoms with Crippen LogP contribution in [0, 0.1) is 10.1 Å². The molecule has 0 amide bonds. The van der Waals surface area contributed by atoms with Gasteiger partial charge < -0.3 is 9.84 Å². The van der Waals surface area contributed by atoms with Crippen LogP contribution in [0.25, 0.3) is 10.8 Å². The van der Waals surface area contributed by atoms with Gasteiger partial charge in [-0.1, -0.05) is 18.2 Å². The van der Waals surface area contributed by atoms with Crippen molar-refractivity contribution >= 4 is 22.4 Å². The van der Waals surface area contributed by atoms with Gasteiger partial charge in [-0.3, -0.25) is 14.9 Å². The number of carboxylic acid groups (broad SMARTS) is 1. The molecule has 0 fully saturated rings. The number of rotatable bonds is 4. The lowest BCUT2D eigenvalue weighted by Crippen LogP contribution is -2.07. The van der Waals surface area contributed by atoms with Gasteiger partial charge in [0.05, 0.1) is 23.3 Å². The minimum Gasteiger partial charge on any atom is -0.490 e. The summed E-state index contributed by atoms with van der Waals surface area (Å²) in [5, 5.41) is 21.2. The Labute approximate surface area is 114 Å². The van der Waals surface area contributed by atoms with Crippen LogP contribution in [0.1, 0.15) is 18.4 Å². The molecular weight excluding hydrogens is 262 g/mol. The van der Waals surface area contributed by atoms with Crippen LogP contribution < -0.4 is 4.74 Å². The highest BCUT2D eigenvalue weighted by molar-refractivity contribution is 5.94. The quantitative estimate of drug-likeness (QED) is 0.684. The number of fused-ring (bicyclic) bond motifs is 1. The molecule has 0 bridgehead atoms. The number of nitro benzene ring substituents is 1. The van der Waals surface area contributed by atoms with Gasteiger partial charge in [0.25, 0.3) is 0 Å². The van der Waals surface area contributed by atoms with Crippen LogP contribution >= 0.6 is 0 Å². The minimum absolute atomic E-state index is 0.112. The van der Waals surface area contributed by atoms with E-state index in [1.165, 1.54) is 13.2 Å². The molecule has 0 saturated heterocycles. The highest BCUT2D eigenvalue weighted by Gasteiger charge is 2.21. The minimum atomic E-state index is -0.938. The van der Waals surface area contributed by atoms with E-state index in [4.69, 9.17) is 9.84 Å². The van der Waals surface area contributed by atoms with E-state index in [-0.39, 0.29) is 11.4 Å². The van der Waals surface area contributed by atoms with E-state index in [0.29, 0.717) is 16.3 Å². The topological polar surface area (TPSA) is 89.7 Å². The number of benzene rings is 2. The predicted octanol–water partition coefficient (Wildman–Crippen LogP) is 2.94. The van der Waals surface area contributed by atoms with E-state index in [1.807, 2.05) is 0 Å². The predicted molar refractivity (Wildman–Crippen MR) is 73.2 cm³/mol. The molecule has 0 aliphatic carbocycles. The van der Waals surface area contributed by atoms with E-state index in [9.17, 15) is 14.9 Å². The summed E-state index contributed by atoms with van der Waals surface area (Å²) in [4.78, 5) is 21.6. The molecule has 2 rings (SSSR count). The number of aliphatic carboxylic acids is 1. The Bertz CT molecular complexity index is 695. The molecule has 0 aliphatic rings. The molecule has 1 N–H and O–H groups in total. The number of carboxylic acids is 1. The molecule has 6 nitrogen and oxygen atoms in total. The lowest BCUT2D eigenvalue weighted by atomic mass is 9.97.